The first-order chi connectivity index (χ1) is 7.69. The van der Waals surface area contributed by atoms with Gasteiger partial charge in [-0.05, 0) is 19.8 Å². The molecule has 1 unspecified atom stereocenters. The summed E-state index contributed by atoms with van der Waals surface area (Å²) in [6.07, 6.45) is 1.84. The third-order valence-corrected chi connectivity index (χ3v) is 2.25. The van der Waals surface area contributed by atoms with E-state index < -0.39 is 0 Å². The van der Waals surface area contributed by atoms with Crippen molar-refractivity contribution in [3.05, 3.63) is 11.4 Å². The van der Waals surface area contributed by atoms with Crippen molar-refractivity contribution in [1.82, 2.24) is 15.0 Å². The average Bonchev–Trinajstić information content (AvgIpc) is 2.61. The van der Waals surface area contributed by atoms with Gasteiger partial charge in [-0.1, -0.05) is 5.21 Å². The number of nitrogens with zero attached hydrogens (tertiary/aromatic N) is 3. The molecule has 0 aliphatic heterocycles. The average molecular weight is 227 g/mol. The summed E-state index contributed by atoms with van der Waals surface area (Å²) < 4.78 is 6.64. The zero-order valence-electron chi connectivity index (χ0n) is 9.59. The van der Waals surface area contributed by atoms with Crippen molar-refractivity contribution in [2.24, 2.45) is 0 Å². The lowest BCUT2D eigenvalue weighted by Gasteiger charge is -2.07. The molecule has 90 valence electrons. The lowest BCUT2D eigenvalue weighted by atomic mass is 10.2. The largest absolute Gasteiger partial charge is 0.393 e. The second-order valence-corrected chi connectivity index (χ2v) is 3.69. The third-order valence-electron chi connectivity index (χ3n) is 2.25. The molecule has 0 aliphatic carbocycles. The predicted molar refractivity (Wildman–Crippen MR) is 57.0 cm³/mol. The van der Waals surface area contributed by atoms with Crippen LogP contribution < -0.4 is 0 Å². The zero-order chi connectivity index (χ0) is 12.0. The van der Waals surface area contributed by atoms with Crippen LogP contribution in [0.15, 0.2) is 0 Å². The van der Waals surface area contributed by atoms with Crippen molar-refractivity contribution in [2.75, 3.05) is 7.11 Å². The second-order valence-electron chi connectivity index (χ2n) is 3.69. The standard InChI is InChI=1S/C10H17N3O3/c1-8(15)4-3-5-13-10(7-16-2)9(6-14)11-12-13/h6,8,15H,3-5,7H2,1-2H3. The highest BCUT2D eigenvalue weighted by atomic mass is 16.5. The van der Waals surface area contributed by atoms with Crippen LogP contribution in [0.2, 0.25) is 0 Å². The normalized spacial score (nSPS) is 12.7. The van der Waals surface area contributed by atoms with Crippen molar-refractivity contribution < 1.29 is 14.6 Å². The SMILES string of the molecule is COCc1c(C=O)nnn1CCCC(C)O. The number of aromatic nitrogens is 3. The van der Waals surface area contributed by atoms with E-state index in [1.165, 1.54) is 0 Å². The van der Waals surface area contributed by atoms with Crippen molar-refractivity contribution in [3.8, 4) is 0 Å². The highest BCUT2D eigenvalue weighted by Crippen LogP contribution is 2.07. The topological polar surface area (TPSA) is 77.2 Å². The lowest BCUT2D eigenvalue weighted by Crippen LogP contribution is -2.09. The number of aliphatic hydroxyl groups is 1. The van der Waals surface area contributed by atoms with Gasteiger partial charge in [-0.3, -0.25) is 4.79 Å². The van der Waals surface area contributed by atoms with Crippen LogP contribution >= 0.6 is 0 Å². The molecule has 0 fully saturated rings. The fraction of sp³-hybridized carbons (Fsp3) is 0.700. The molecule has 6 nitrogen and oxygen atoms in total. The molecule has 0 aliphatic rings. The molecule has 1 aromatic heterocycles. The van der Waals surface area contributed by atoms with Crippen LogP contribution in [0.25, 0.3) is 0 Å². The summed E-state index contributed by atoms with van der Waals surface area (Å²) in [5.74, 6) is 0. The van der Waals surface area contributed by atoms with Gasteiger partial charge in [0.05, 0.1) is 18.4 Å². The maximum absolute atomic E-state index is 10.7. The Kier molecular flexibility index (Phi) is 5.07. The van der Waals surface area contributed by atoms with Crippen LogP contribution in [0.5, 0.6) is 0 Å². The maximum atomic E-state index is 10.7. The Balaban J connectivity index is 2.64. The van der Waals surface area contributed by atoms with Gasteiger partial charge >= 0.3 is 0 Å². The van der Waals surface area contributed by atoms with E-state index in [0.29, 0.717) is 37.2 Å². The van der Waals surface area contributed by atoms with E-state index >= 15 is 0 Å². The van der Waals surface area contributed by atoms with Crippen LogP contribution in [-0.4, -0.2) is 39.6 Å². The summed E-state index contributed by atoms with van der Waals surface area (Å²) >= 11 is 0. The van der Waals surface area contributed by atoms with Gasteiger partial charge in [-0.2, -0.15) is 0 Å². The molecule has 0 bridgehead atoms. The van der Waals surface area contributed by atoms with Crippen molar-refractivity contribution in [2.45, 2.75) is 39.0 Å². The van der Waals surface area contributed by atoms with E-state index in [0.717, 1.165) is 6.42 Å². The monoisotopic (exact) mass is 227 g/mol. The molecule has 1 rings (SSSR count). The quantitative estimate of drug-likeness (QED) is 0.682. The zero-order valence-corrected chi connectivity index (χ0v) is 9.59. The summed E-state index contributed by atoms with van der Waals surface area (Å²) in [4.78, 5) is 10.7. The number of hydrogen-bond donors (Lipinski definition) is 1. The Morgan fingerprint density at radius 3 is 2.94 bits per heavy atom. The van der Waals surface area contributed by atoms with E-state index in [1.54, 1.807) is 18.7 Å². The Morgan fingerprint density at radius 1 is 1.62 bits per heavy atom. The summed E-state index contributed by atoms with van der Waals surface area (Å²) in [6.45, 7) is 2.69. The van der Waals surface area contributed by atoms with Gasteiger partial charge in [0.2, 0.25) is 0 Å². The molecule has 16 heavy (non-hydrogen) atoms. The smallest absolute Gasteiger partial charge is 0.172 e. The number of carbonyl (C=O) groups excluding carboxylic acids is 1. The Hall–Kier alpha value is -1.27. The van der Waals surface area contributed by atoms with Gasteiger partial charge in [-0.25, -0.2) is 4.68 Å². The highest BCUT2D eigenvalue weighted by molar-refractivity contribution is 5.73. The minimum absolute atomic E-state index is 0.315. The number of aliphatic hydroxyl groups excluding tert-OH is 1. The number of rotatable bonds is 7. The minimum Gasteiger partial charge on any atom is -0.393 e. The molecule has 0 saturated carbocycles. The molecule has 0 amide bonds. The first-order valence-electron chi connectivity index (χ1n) is 5.23. The second kappa shape index (κ2) is 6.34. The first-order valence-corrected chi connectivity index (χ1v) is 5.23. The van der Waals surface area contributed by atoms with Gasteiger partial charge < -0.3 is 9.84 Å². The summed E-state index contributed by atoms with van der Waals surface area (Å²) in [7, 11) is 1.56. The van der Waals surface area contributed by atoms with E-state index in [9.17, 15) is 4.79 Å². The van der Waals surface area contributed by atoms with E-state index in [-0.39, 0.29) is 6.10 Å². The molecule has 0 aromatic carbocycles. The number of hydrogen-bond acceptors (Lipinski definition) is 5. The first kappa shape index (κ1) is 12.8. The molecular formula is C10H17N3O3. The molecule has 1 heterocycles. The van der Waals surface area contributed by atoms with Crippen LogP contribution in [-0.2, 0) is 17.9 Å². The van der Waals surface area contributed by atoms with Crippen LogP contribution in [0.1, 0.15) is 35.9 Å². The summed E-state index contributed by atoms with van der Waals surface area (Å²) in [5.41, 5.74) is 1.00. The number of ether oxygens (including phenoxy) is 1. The molecule has 0 saturated heterocycles. The van der Waals surface area contributed by atoms with Crippen molar-refractivity contribution in [3.63, 3.8) is 0 Å². The lowest BCUT2D eigenvalue weighted by molar-refractivity contribution is 0.111. The van der Waals surface area contributed by atoms with E-state index in [1.807, 2.05) is 0 Å². The van der Waals surface area contributed by atoms with Crippen LogP contribution in [0, 0.1) is 0 Å². The molecule has 0 spiro atoms. The fourth-order valence-electron chi connectivity index (χ4n) is 1.44. The molecule has 1 N–H and O–H groups in total. The molecular weight excluding hydrogens is 210 g/mol. The number of methoxy groups -OCH3 is 1. The molecule has 0 radical (unpaired) electrons. The minimum atomic E-state index is -0.320. The van der Waals surface area contributed by atoms with E-state index in [2.05, 4.69) is 10.3 Å². The van der Waals surface area contributed by atoms with Gasteiger partial charge in [-0.15, -0.1) is 5.10 Å². The van der Waals surface area contributed by atoms with Gasteiger partial charge in [0.25, 0.3) is 0 Å². The van der Waals surface area contributed by atoms with Crippen LogP contribution in [0.4, 0.5) is 0 Å². The van der Waals surface area contributed by atoms with E-state index in [4.69, 9.17) is 9.84 Å². The van der Waals surface area contributed by atoms with Crippen molar-refractivity contribution in [1.29, 1.82) is 0 Å². The predicted octanol–water partition coefficient (Wildman–Crippen LogP) is 0.398. The number of aryl methyl sites for hydroxylation is 1. The molecule has 6 heteroatoms. The van der Waals surface area contributed by atoms with Crippen LogP contribution in [0.3, 0.4) is 0 Å². The fourth-order valence-corrected chi connectivity index (χ4v) is 1.44. The Bertz CT molecular complexity index is 336. The van der Waals surface area contributed by atoms with Gasteiger partial charge in [0, 0.05) is 13.7 Å². The molecule has 1 aromatic rings. The van der Waals surface area contributed by atoms with Crippen molar-refractivity contribution >= 4 is 6.29 Å². The highest BCUT2D eigenvalue weighted by Gasteiger charge is 2.11. The third kappa shape index (κ3) is 3.39. The summed E-state index contributed by atoms with van der Waals surface area (Å²) in [6, 6.07) is 0. The maximum Gasteiger partial charge on any atom is 0.172 e. The number of carbonyl (C=O) groups is 1. The molecule has 1 atom stereocenters. The number of aldehydes is 1. The van der Waals surface area contributed by atoms with Gasteiger partial charge in [0.15, 0.2) is 12.0 Å². The van der Waals surface area contributed by atoms with Gasteiger partial charge in [0.1, 0.15) is 0 Å². The summed E-state index contributed by atoms with van der Waals surface area (Å²) in [5, 5.41) is 16.8. The Morgan fingerprint density at radius 2 is 2.38 bits per heavy atom. The Labute approximate surface area is 94.2 Å².